The number of ether oxygens (including phenoxy) is 1. The zero-order valence-electron chi connectivity index (χ0n) is 7.81. The number of aliphatic hydroxyl groups excluding tert-OH is 1. The number of rotatable bonds is 5. The van der Waals surface area contributed by atoms with Crippen molar-refractivity contribution >= 4 is 17.6 Å². The van der Waals surface area contributed by atoms with Gasteiger partial charge in [0.05, 0.1) is 12.2 Å². The van der Waals surface area contributed by atoms with Crippen LogP contribution in [0.15, 0.2) is 12.3 Å². The molecule has 1 rings (SSSR count). The van der Waals surface area contributed by atoms with E-state index >= 15 is 0 Å². The summed E-state index contributed by atoms with van der Waals surface area (Å²) in [6.45, 7) is 0.306. The number of hydrogen-bond acceptors (Lipinski definition) is 4. The van der Waals surface area contributed by atoms with Crippen molar-refractivity contribution < 1.29 is 19.7 Å². The fourth-order valence-electron chi connectivity index (χ4n) is 0.882. The van der Waals surface area contributed by atoms with Gasteiger partial charge in [-0.3, -0.25) is 0 Å². The number of carboxylic acid groups (broad SMARTS) is 1. The molecule has 0 aliphatic rings. The highest BCUT2D eigenvalue weighted by atomic mass is 35.5. The van der Waals surface area contributed by atoms with E-state index in [1.54, 1.807) is 0 Å². The molecule has 0 aliphatic heterocycles. The van der Waals surface area contributed by atoms with Gasteiger partial charge in [-0.2, -0.15) is 0 Å². The Bertz CT molecular complexity index is 356. The van der Waals surface area contributed by atoms with Crippen molar-refractivity contribution in [2.24, 2.45) is 0 Å². The number of aliphatic hydroxyl groups is 1. The van der Waals surface area contributed by atoms with Gasteiger partial charge in [0, 0.05) is 19.2 Å². The Hall–Kier alpha value is -1.33. The van der Waals surface area contributed by atoms with E-state index in [-0.39, 0.29) is 29.7 Å². The Kier molecular flexibility index (Phi) is 4.33. The first-order valence-corrected chi connectivity index (χ1v) is 4.65. The SMILES string of the molecule is O=C(O)c1cnc(OCCCO)c(Cl)c1. The number of carbonyl (C=O) groups is 1. The summed E-state index contributed by atoms with van der Waals surface area (Å²) in [6, 6.07) is 1.27. The summed E-state index contributed by atoms with van der Waals surface area (Å²) in [5.41, 5.74) is 0.00880. The van der Waals surface area contributed by atoms with E-state index in [1.165, 1.54) is 12.3 Å². The third kappa shape index (κ3) is 3.38. The van der Waals surface area contributed by atoms with Crippen LogP contribution >= 0.6 is 11.6 Å². The molecule has 15 heavy (non-hydrogen) atoms. The number of aromatic nitrogens is 1. The predicted octanol–water partition coefficient (Wildman–Crippen LogP) is 1.19. The highest BCUT2D eigenvalue weighted by Crippen LogP contribution is 2.22. The molecule has 0 bridgehead atoms. The molecular weight excluding hydrogens is 222 g/mol. The van der Waals surface area contributed by atoms with Gasteiger partial charge in [-0.05, 0) is 6.07 Å². The normalized spacial score (nSPS) is 10.0. The fourth-order valence-corrected chi connectivity index (χ4v) is 1.10. The number of carboxylic acids is 1. The average Bonchev–Trinajstić information content (AvgIpc) is 2.20. The van der Waals surface area contributed by atoms with Gasteiger partial charge < -0.3 is 14.9 Å². The minimum atomic E-state index is -1.09. The first-order valence-electron chi connectivity index (χ1n) is 4.27. The van der Waals surface area contributed by atoms with E-state index in [9.17, 15) is 4.79 Å². The molecule has 0 amide bonds. The minimum absolute atomic E-state index is 0.00880. The summed E-state index contributed by atoms with van der Waals surface area (Å²) in [5.74, 6) is -0.915. The second kappa shape index (κ2) is 5.53. The monoisotopic (exact) mass is 231 g/mol. The van der Waals surface area contributed by atoms with Gasteiger partial charge in [-0.25, -0.2) is 9.78 Å². The maximum atomic E-state index is 10.6. The van der Waals surface area contributed by atoms with Crippen molar-refractivity contribution in [3.8, 4) is 5.88 Å². The molecule has 2 N–H and O–H groups in total. The standard InChI is InChI=1S/C9H10ClNO4/c10-7-4-6(9(13)14)5-11-8(7)15-3-1-2-12/h4-5,12H,1-3H2,(H,13,14). The zero-order chi connectivity index (χ0) is 11.3. The van der Waals surface area contributed by atoms with Crippen molar-refractivity contribution in [3.05, 3.63) is 22.8 Å². The van der Waals surface area contributed by atoms with E-state index in [2.05, 4.69) is 4.98 Å². The average molecular weight is 232 g/mol. The zero-order valence-corrected chi connectivity index (χ0v) is 8.57. The molecule has 5 nitrogen and oxygen atoms in total. The van der Waals surface area contributed by atoms with Crippen LogP contribution in [0.5, 0.6) is 5.88 Å². The van der Waals surface area contributed by atoms with Crippen molar-refractivity contribution in [3.63, 3.8) is 0 Å². The van der Waals surface area contributed by atoms with Crippen molar-refractivity contribution in [1.82, 2.24) is 4.98 Å². The molecule has 1 aromatic rings. The number of pyridine rings is 1. The largest absolute Gasteiger partial charge is 0.478 e. The molecule has 6 heteroatoms. The molecule has 1 heterocycles. The third-order valence-corrected chi connectivity index (χ3v) is 1.87. The molecule has 82 valence electrons. The second-order valence-electron chi connectivity index (χ2n) is 2.74. The summed E-state index contributed by atoms with van der Waals surface area (Å²) in [7, 11) is 0. The van der Waals surface area contributed by atoms with Gasteiger partial charge in [0.25, 0.3) is 0 Å². The van der Waals surface area contributed by atoms with E-state index in [0.29, 0.717) is 6.42 Å². The summed E-state index contributed by atoms with van der Waals surface area (Å²) in [4.78, 5) is 14.3. The summed E-state index contributed by atoms with van der Waals surface area (Å²) < 4.78 is 5.12. The predicted molar refractivity (Wildman–Crippen MR) is 53.4 cm³/mol. The quantitative estimate of drug-likeness (QED) is 0.745. The van der Waals surface area contributed by atoms with Crippen molar-refractivity contribution in [1.29, 1.82) is 0 Å². The van der Waals surface area contributed by atoms with Gasteiger partial charge in [0.1, 0.15) is 5.02 Å². The Morgan fingerprint density at radius 3 is 2.87 bits per heavy atom. The lowest BCUT2D eigenvalue weighted by atomic mass is 10.3. The molecule has 0 aliphatic carbocycles. The Morgan fingerprint density at radius 2 is 2.33 bits per heavy atom. The van der Waals surface area contributed by atoms with Crippen LogP contribution in [-0.4, -0.2) is 34.4 Å². The highest BCUT2D eigenvalue weighted by molar-refractivity contribution is 6.32. The van der Waals surface area contributed by atoms with Crippen LogP contribution in [0.25, 0.3) is 0 Å². The number of hydrogen-bond donors (Lipinski definition) is 2. The lowest BCUT2D eigenvalue weighted by Crippen LogP contribution is -2.03. The Morgan fingerprint density at radius 1 is 1.60 bits per heavy atom. The summed E-state index contributed by atoms with van der Waals surface area (Å²) in [5, 5.41) is 17.3. The van der Waals surface area contributed by atoms with Crippen LogP contribution < -0.4 is 4.74 Å². The van der Waals surface area contributed by atoms with Gasteiger partial charge in [0.2, 0.25) is 5.88 Å². The highest BCUT2D eigenvalue weighted by Gasteiger charge is 2.08. The van der Waals surface area contributed by atoms with Crippen LogP contribution in [0.2, 0.25) is 5.02 Å². The first kappa shape index (κ1) is 11.7. The first-order chi connectivity index (χ1) is 7.15. The molecule has 0 atom stereocenters. The topological polar surface area (TPSA) is 79.7 Å². The van der Waals surface area contributed by atoms with Crippen molar-refractivity contribution in [2.45, 2.75) is 6.42 Å². The van der Waals surface area contributed by atoms with E-state index < -0.39 is 5.97 Å². The number of halogens is 1. The van der Waals surface area contributed by atoms with E-state index in [0.717, 1.165) is 0 Å². The molecule has 0 spiro atoms. The summed E-state index contributed by atoms with van der Waals surface area (Å²) in [6.07, 6.45) is 1.64. The maximum Gasteiger partial charge on any atom is 0.337 e. The Labute approximate surface area is 91.3 Å². The van der Waals surface area contributed by atoms with Gasteiger partial charge in [-0.1, -0.05) is 11.6 Å². The van der Waals surface area contributed by atoms with Gasteiger partial charge in [-0.15, -0.1) is 0 Å². The van der Waals surface area contributed by atoms with Crippen LogP contribution in [-0.2, 0) is 0 Å². The minimum Gasteiger partial charge on any atom is -0.478 e. The molecule has 0 unspecified atom stereocenters. The number of nitrogens with zero attached hydrogens (tertiary/aromatic N) is 1. The molecule has 0 aromatic carbocycles. The van der Waals surface area contributed by atoms with E-state index in [4.69, 9.17) is 26.6 Å². The van der Waals surface area contributed by atoms with Crippen LogP contribution in [0.3, 0.4) is 0 Å². The smallest absolute Gasteiger partial charge is 0.337 e. The van der Waals surface area contributed by atoms with E-state index in [1.807, 2.05) is 0 Å². The molecule has 1 aromatic heterocycles. The lowest BCUT2D eigenvalue weighted by Gasteiger charge is -2.05. The van der Waals surface area contributed by atoms with Crippen LogP contribution in [0.1, 0.15) is 16.8 Å². The lowest BCUT2D eigenvalue weighted by molar-refractivity contribution is 0.0696. The molecule has 0 fully saturated rings. The van der Waals surface area contributed by atoms with Gasteiger partial charge in [0.15, 0.2) is 0 Å². The molecule has 0 radical (unpaired) electrons. The second-order valence-corrected chi connectivity index (χ2v) is 3.15. The Balaban J connectivity index is 2.70. The van der Waals surface area contributed by atoms with Crippen LogP contribution in [0.4, 0.5) is 0 Å². The van der Waals surface area contributed by atoms with Crippen LogP contribution in [0, 0.1) is 0 Å². The molecule has 0 saturated heterocycles. The molecular formula is C9H10ClNO4. The third-order valence-electron chi connectivity index (χ3n) is 1.60. The van der Waals surface area contributed by atoms with Gasteiger partial charge >= 0.3 is 5.97 Å². The maximum absolute atomic E-state index is 10.6. The number of aromatic carboxylic acids is 1. The molecule has 0 saturated carbocycles. The van der Waals surface area contributed by atoms with Crippen molar-refractivity contribution in [2.75, 3.05) is 13.2 Å². The summed E-state index contributed by atoms with van der Waals surface area (Å²) >= 11 is 5.74. The fraction of sp³-hybridized carbons (Fsp3) is 0.333.